The van der Waals surface area contributed by atoms with Gasteiger partial charge in [0.25, 0.3) is 10.0 Å². The molecule has 0 saturated heterocycles. The van der Waals surface area contributed by atoms with Crippen molar-refractivity contribution in [1.29, 1.82) is 0 Å². The molecule has 0 aliphatic rings. The van der Waals surface area contributed by atoms with Crippen LogP contribution in [0.1, 0.15) is 42.5 Å². The van der Waals surface area contributed by atoms with Gasteiger partial charge in [0.1, 0.15) is 18.4 Å². The van der Waals surface area contributed by atoms with Crippen LogP contribution in [0.4, 0.5) is 23.2 Å². The second kappa shape index (κ2) is 15.5. The molecule has 4 rings (SSSR count). The molecule has 0 radical (unpaired) electrons. The maximum atomic E-state index is 15.0. The van der Waals surface area contributed by atoms with Crippen LogP contribution in [-0.2, 0) is 38.8 Å². The van der Waals surface area contributed by atoms with E-state index in [9.17, 15) is 31.2 Å². The van der Waals surface area contributed by atoms with E-state index in [1.807, 2.05) is 6.92 Å². The number of anilines is 1. The molecule has 0 spiro atoms. The van der Waals surface area contributed by atoms with Gasteiger partial charge in [0.05, 0.1) is 16.1 Å². The summed E-state index contributed by atoms with van der Waals surface area (Å²) in [5.41, 5.74) is -0.0481. The van der Waals surface area contributed by atoms with Gasteiger partial charge in [0.15, 0.2) is 0 Å². The standard InChI is InChI=1S/C36H37F4N3O4S/c1-4-26(3)41-35(45)33(21-27-11-6-5-7-12-27)42(23-28-13-8-9-16-32(28)37)34(44)24-43(30-15-10-14-29(22-30)36(38,39)40)48(46,47)31-19-17-25(2)18-20-31/h5-20,22,26,33H,4,21,23-24H2,1-3H3,(H,41,45)/t26-,33+/m0/s1. The Morgan fingerprint density at radius 3 is 2.15 bits per heavy atom. The Balaban J connectivity index is 1.86. The van der Waals surface area contributed by atoms with Crippen molar-refractivity contribution in [2.75, 3.05) is 10.8 Å². The lowest BCUT2D eigenvalue weighted by molar-refractivity contribution is -0.140. The highest BCUT2D eigenvalue weighted by Crippen LogP contribution is 2.33. The number of hydrogen-bond donors (Lipinski definition) is 1. The van der Waals surface area contributed by atoms with E-state index in [1.54, 1.807) is 50.2 Å². The summed E-state index contributed by atoms with van der Waals surface area (Å²) in [6.07, 6.45) is -4.23. The van der Waals surface area contributed by atoms with Crippen LogP contribution in [0, 0.1) is 12.7 Å². The molecule has 2 amide bonds. The topological polar surface area (TPSA) is 86.8 Å². The Morgan fingerprint density at radius 2 is 1.52 bits per heavy atom. The largest absolute Gasteiger partial charge is 0.416 e. The van der Waals surface area contributed by atoms with E-state index in [2.05, 4.69) is 5.32 Å². The summed E-state index contributed by atoms with van der Waals surface area (Å²) in [6.45, 7) is 3.99. The fourth-order valence-electron chi connectivity index (χ4n) is 5.01. The minimum Gasteiger partial charge on any atom is -0.352 e. The number of carbonyl (C=O) groups excluding carboxylic acids is 2. The first kappa shape index (κ1) is 36.1. The van der Waals surface area contributed by atoms with Crippen molar-refractivity contribution < 1.29 is 35.6 Å². The van der Waals surface area contributed by atoms with Crippen molar-refractivity contribution in [2.24, 2.45) is 0 Å². The van der Waals surface area contributed by atoms with Crippen LogP contribution in [0.2, 0.25) is 0 Å². The van der Waals surface area contributed by atoms with Crippen molar-refractivity contribution in [3.8, 4) is 0 Å². The Hall–Kier alpha value is -4.71. The highest BCUT2D eigenvalue weighted by molar-refractivity contribution is 7.92. The van der Waals surface area contributed by atoms with Crippen LogP contribution in [0.5, 0.6) is 0 Å². The summed E-state index contributed by atoms with van der Waals surface area (Å²) in [6, 6.07) is 22.2. The molecular weight excluding hydrogens is 646 g/mol. The van der Waals surface area contributed by atoms with Crippen LogP contribution < -0.4 is 9.62 Å². The van der Waals surface area contributed by atoms with Crippen molar-refractivity contribution in [2.45, 2.75) is 63.3 Å². The van der Waals surface area contributed by atoms with Crippen LogP contribution in [0.3, 0.4) is 0 Å². The van der Waals surface area contributed by atoms with Crippen molar-refractivity contribution >= 4 is 27.5 Å². The third-order valence-electron chi connectivity index (χ3n) is 7.92. The zero-order valence-electron chi connectivity index (χ0n) is 26.7. The van der Waals surface area contributed by atoms with E-state index in [0.717, 1.165) is 28.7 Å². The van der Waals surface area contributed by atoms with Crippen molar-refractivity contribution in [3.63, 3.8) is 0 Å². The molecule has 12 heteroatoms. The first-order valence-electron chi connectivity index (χ1n) is 15.3. The number of carbonyl (C=O) groups is 2. The number of nitrogens with one attached hydrogen (secondary N) is 1. The minimum atomic E-state index is -4.80. The smallest absolute Gasteiger partial charge is 0.352 e. The van der Waals surface area contributed by atoms with Gasteiger partial charge in [0, 0.05) is 24.6 Å². The minimum absolute atomic E-state index is 0.00241. The molecule has 0 fully saturated rings. The summed E-state index contributed by atoms with van der Waals surface area (Å²) in [7, 11) is -4.63. The Bertz CT molecular complexity index is 1820. The van der Waals surface area contributed by atoms with E-state index in [0.29, 0.717) is 22.4 Å². The van der Waals surface area contributed by atoms with E-state index in [-0.39, 0.29) is 22.9 Å². The van der Waals surface area contributed by atoms with Gasteiger partial charge in [-0.05, 0) is 62.2 Å². The number of alkyl halides is 3. The van der Waals surface area contributed by atoms with E-state index < -0.39 is 64.2 Å². The monoisotopic (exact) mass is 683 g/mol. The van der Waals surface area contributed by atoms with E-state index >= 15 is 4.39 Å². The molecule has 48 heavy (non-hydrogen) atoms. The maximum Gasteiger partial charge on any atom is 0.416 e. The molecule has 0 aliphatic heterocycles. The normalized spacial score (nSPS) is 13.0. The summed E-state index contributed by atoms with van der Waals surface area (Å²) >= 11 is 0. The lowest BCUT2D eigenvalue weighted by Crippen LogP contribution is -2.54. The number of hydrogen-bond acceptors (Lipinski definition) is 4. The van der Waals surface area contributed by atoms with Crippen LogP contribution >= 0.6 is 0 Å². The molecule has 4 aromatic rings. The van der Waals surface area contributed by atoms with Gasteiger partial charge in [-0.2, -0.15) is 13.2 Å². The molecule has 0 bridgehead atoms. The second-order valence-corrected chi connectivity index (χ2v) is 13.4. The summed E-state index contributed by atoms with van der Waals surface area (Å²) in [5, 5.41) is 2.87. The molecule has 0 aliphatic carbocycles. The molecular formula is C36H37F4N3O4S. The lowest BCUT2D eigenvalue weighted by atomic mass is 10.0. The number of sulfonamides is 1. The first-order valence-corrected chi connectivity index (χ1v) is 16.8. The van der Waals surface area contributed by atoms with Gasteiger partial charge in [-0.3, -0.25) is 13.9 Å². The second-order valence-electron chi connectivity index (χ2n) is 11.5. The SMILES string of the molecule is CC[C@H](C)NC(=O)[C@@H](Cc1ccccc1)N(Cc1ccccc1F)C(=O)CN(c1cccc(C(F)(F)F)c1)S(=O)(=O)c1ccc(C)cc1. The molecule has 0 aromatic heterocycles. The number of halogens is 4. The predicted molar refractivity (Wildman–Crippen MR) is 176 cm³/mol. The zero-order valence-corrected chi connectivity index (χ0v) is 27.6. The molecule has 4 aromatic carbocycles. The maximum absolute atomic E-state index is 15.0. The lowest BCUT2D eigenvalue weighted by Gasteiger charge is -2.34. The number of nitrogens with zero attached hydrogens (tertiary/aromatic N) is 2. The molecule has 254 valence electrons. The van der Waals surface area contributed by atoms with E-state index in [4.69, 9.17) is 0 Å². The highest BCUT2D eigenvalue weighted by Gasteiger charge is 2.37. The molecule has 0 saturated carbocycles. The number of rotatable bonds is 13. The van der Waals surface area contributed by atoms with Gasteiger partial charge in [0.2, 0.25) is 11.8 Å². The fourth-order valence-corrected chi connectivity index (χ4v) is 6.41. The van der Waals surface area contributed by atoms with Crippen LogP contribution in [-0.4, -0.2) is 43.8 Å². The quantitative estimate of drug-likeness (QED) is 0.155. The van der Waals surface area contributed by atoms with Crippen LogP contribution in [0.15, 0.2) is 108 Å². The average Bonchev–Trinajstić information content (AvgIpc) is 3.06. The van der Waals surface area contributed by atoms with Gasteiger partial charge < -0.3 is 10.2 Å². The Kier molecular flexibility index (Phi) is 11.6. The third kappa shape index (κ3) is 9.00. The summed E-state index contributed by atoms with van der Waals surface area (Å²) < 4.78 is 85.2. The van der Waals surface area contributed by atoms with Gasteiger partial charge in [-0.1, -0.05) is 79.2 Å². The number of amides is 2. The summed E-state index contributed by atoms with van der Waals surface area (Å²) in [5.74, 6) is -2.13. The fraction of sp³-hybridized carbons (Fsp3) is 0.278. The van der Waals surface area contributed by atoms with Gasteiger partial charge >= 0.3 is 6.18 Å². The average molecular weight is 684 g/mol. The molecule has 1 N–H and O–H groups in total. The third-order valence-corrected chi connectivity index (χ3v) is 9.71. The predicted octanol–water partition coefficient (Wildman–Crippen LogP) is 6.90. The molecule has 7 nitrogen and oxygen atoms in total. The Morgan fingerprint density at radius 1 is 0.875 bits per heavy atom. The molecule has 0 heterocycles. The van der Waals surface area contributed by atoms with Crippen molar-refractivity contribution in [1.82, 2.24) is 10.2 Å². The van der Waals surface area contributed by atoms with Crippen LogP contribution in [0.25, 0.3) is 0 Å². The molecule has 2 atom stereocenters. The number of benzene rings is 4. The van der Waals surface area contributed by atoms with Crippen molar-refractivity contribution in [3.05, 3.63) is 131 Å². The number of aryl methyl sites for hydroxylation is 1. The highest BCUT2D eigenvalue weighted by atomic mass is 32.2. The zero-order chi connectivity index (χ0) is 35.1. The van der Waals surface area contributed by atoms with Gasteiger partial charge in [-0.25, -0.2) is 12.8 Å². The van der Waals surface area contributed by atoms with E-state index in [1.165, 1.54) is 42.5 Å². The summed E-state index contributed by atoms with van der Waals surface area (Å²) in [4.78, 5) is 29.1. The van der Waals surface area contributed by atoms with Gasteiger partial charge in [-0.15, -0.1) is 0 Å². The Labute approximate surface area is 278 Å². The first-order chi connectivity index (χ1) is 22.7. The molecule has 0 unspecified atom stereocenters.